The molecule has 0 radical (unpaired) electrons. The van der Waals surface area contributed by atoms with Crippen molar-refractivity contribution >= 4 is 5.91 Å². The molecule has 20 heavy (non-hydrogen) atoms. The minimum atomic E-state index is -0.228. The van der Waals surface area contributed by atoms with E-state index < -0.39 is 0 Å². The number of rotatable bonds is 8. The van der Waals surface area contributed by atoms with Crippen molar-refractivity contribution in [3.8, 4) is 0 Å². The first kappa shape index (κ1) is 16.7. The SMILES string of the molecule is CCC(CC)NC(=O)C(C)NCc1cccc(CO)c1. The summed E-state index contributed by atoms with van der Waals surface area (Å²) in [5.41, 5.74) is 1.96. The molecule has 1 aromatic rings. The number of benzene rings is 1. The van der Waals surface area contributed by atoms with Gasteiger partial charge in [0.1, 0.15) is 0 Å². The van der Waals surface area contributed by atoms with Crippen LogP contribution in [-0.4, -0.2) is 23.1 Å². The zero-order valence-electron chi connectivity index (χ0n) is 12.6. The third-order valence-electron chi connectivity index (χ3n) is 3.51. The van der Waals surface area contributed by atoms with Crippen LogP contribution >= 0.6 is 0 Å². The summed E-state index contributed by atoms with van der Waals surface area (Å²) in [6.45, 7) is 6.68. The fourth-order valence-electron chi connectivity index (χ4n) is 2.02. The molecule has 1 aromatic carbocycles. The molecule has 4 heteroatoms. The molecule has 0 fully saturated rings. The van der Waals surface area contributed by atoms with Crippen molar-refractivity contribution in [3.63, 3.8) is 0 Å². The minimum Gasteiger partial charge on any atom is -0.392 e. The van der Waals surface area contributed by atoms with Crippen LogP contribution in [0.4, 0.5) is 0 Å². The summed E-state index contributed by atoms with van der Waals surface area (Å²) in [5.74, 6) is 0.0389. The van der Waals surface area contributed by atoms with E-state index in [1.54, 1.807) is 0 Å². The molecule has 1 unspecified atom stereocenters. The number of aliphatic hydroxyl groups is 1. The second-order valence-electron chi connectivity index (χ2n) is 5.10. The van der Waals surface area contributed by atoms with E-state index in [1.807, 2.05) is 31.2 Å². The normalized spacial score (nSPS) is 12.4. The molecule has 1 amide bonds. The van der Waals surface area contributed by atoms with Gasteiger partial charge in [0, 0.05) is 12.6 Å². The molecule has 0 aromatic heterocycles. The van der Waals surface area contributed by atoms with E-state index in [1.165, 1.54) is 0 Å². The summed E-state index contributed by atoms with van der Waals surface area (Å²) in [7, 11) is 0. The Morgan fingerprint density at radius 1 is 1.25 bits per heavy atom. The quantitative estimate of drug-likeness (QED) is 0.681. The number of aliphatic hydroxyl groups excluding tert-OH is 1. The largest absolute Gasteiger partial charge is 0.392 e. The Balaban J connectivity index is 2.45. The van der Waals surface area contributed by atoms with Gasteiger partial charge in [-0.05, 0) is 30.9 Å². The van der Waals surface area contributed by atoms with Gasteiger partial charge < -0.3 is 15.7 Å². The maximum absolute atomic E-state index is 12.0. The number of hydrogen-bond acceptors (Lipinski definition) is 3. The highest BCUT2D eigenvalue weighted by Gasteiger charge is 2.15. The fourth-order valence-corrected chi connectivity index (χ4v) is 2.02. The van der Waals surface area contributed by atoms with Gasteiger partial charge >= 0.3 is 0 Å². The standard InChI is InChI=1S/C16H26N2O2/c1-4-15(5-2)18-16(20)12(3)17-10-13-7-6-8-14(9-13)11-19/h6-9,12,15,17,19H,4-5,10-11H2,1-3H3,(H,18,20). The average Bonchev–Trinajstić information content (AvgIpc) is 2.50. The zero-order valence-corrected chi connectivity index (χ0v) is 12.6. The maximum atomic E-state index is 12.0. The Hall–Kier alpha value is -1.39. The van der Waals surface area contributed by atoms with E-state index in [-0.39, 0.29) is 24.6 Å². The molecular formula is C16H26N2O2. The summed E-state index contributed by atoms with van der Waals surface area (Å²) in [6.07, 6.45) is 1.90. The van der Waals surface area contributed by atoms with Crippen LogP contribution in [0, 0.1) is 0 Å². The highest BCUT2D eigenvalue weighted by molar-refractivity contribution is 5.81. The Kier molecular flexibility index (Phi) is 7.26. The Morgan fingerprint density at radius 3 is 2.50 bits per heavy atom. The van der Waals surface area contributed by atoms with Gasteiger partial charge in [-0.1, -0.05) is 38.1 Å². The number of carbonyl (C=O) groups excluding carboxylic acids is 1. The molecule has 3 N–H and O–H groups in total. The van der Waals surface area contributed by atoms with E-state index in [9.17, 15) is 4.79 Å². The van der Waals surface area contributed by atoms with Crippen molar-refractivity contribution in [1.82, 2.24) is 10.6 Å². The molecule has 4 nitrogen and oxygen atoms in total. The second-order valence-corrected chi connectivity index (χ2v) is 5.10. The summed E-state index contributed by atoms with van der Waals surface area (Å²) in [4.78, 5) is 12.0. The average molecular weight is 278 g/mol. The lowest BCUT2D eigenvalue weighted by atomic mass is 10.1. The van der Waals surface area contributed by atoms with Gasteiger partial charge in [0.15, 0.2) is 0 Å². The summed E-state index contributed by atoms with van der Waals surface area (Å²) < 4.78 is 0. The third kappa shape index (κ3) is 5.31. The molecular weight excluding hydrogens is 252 g/mol. The molecule has 0 aliphatic heterocycles. The van der Waals surface area contributed by atoms with Gasteiger partial charge in [0.05, 0.1) is 12.6 Å². The first-order valence-corrected chi connectivity index (χ1v) is 7.33. The van der Waals surface area contributed by atoms with Crippen LogP contribution < -0.4 is 10.6 Å². The molecule has 112 valence electrons. The van der Waals surface area contributed by atoms with Crippen molar-refractivity contribution < 1.29 is 9.90 Å². The monoisotopic (exact) mass is 278 g/mol. The molecule has 1 atom stereocenters. The molecule has 0 aliphatic rings. The predicted octanol–water partition coefficient (Wildman–Crippen LogP) is 1.96. The van der Waals surface area contributed by atoms with Crippen molar-refractivity contribution in [2.75, 3.05) is 0 Å². The Bertz CT molecular complexity index is 417. The summed E-state index contributed by atoms with van der Waals surface area (Å²) in [6, 6.07) is 7.75. The van der Waals surface area contributed by atoms with Crippen LogP contribution in [0.3, 0.4) is 0 Å². The van der Waals surface area contributed by atoms with Crippen molar-refractivity contribution in [3.05, 3.63) is 35.4 Å². The smallest absolute Gasteiger partial charge is 0.237 e. The van der Waals surface area contributed by atoms with Crippen molar-refractivity contribution in [2.45, 2.75) is 58.8 Å². The number of amides is 1. The van der Waals surface area contributed by atoms with Crippen LogP contribution in [0.15, 0.2) is 24.3 Å². The molecule has 0 saturated carbocycles. The third-order valence-corrected chi connectivity index (χ3v) is 3.51. The van der Waals surface area contributed by atoms with E-state index in [2.05, 4.69) is 24.5 Å². The number of carbonyl (C=O) groups is 1. The minimum absolute atomic E-state index is 0.0389. The molecule has 0 saturated heterocycles. The first-order valence-electron chi connectivity index (χ1n) is 7.33. The van der Waals surface area contributed by atoms with Gasteiger partial charge in [-0.2, -0.15) is 0 Å². The molecule has 0 spiro atoms. The number of nitrogens with one attached hydrogen (secondary N) is 2. The van der Waals surface area contributed by atoms with Gasteiger partial charge in [-0.3, -0.25) is 4.79 Å². The fraction of sp³-hybridized carbons (Fsp3) is 0.562. The Morgan fingerprint density at radius 2 is 1.90 bits per heavy atom. The topological polar surface area (TPSA) is 61.4 Å². The van der Waals surface area contributed by atoms with Crippen molar-refractivity contribution in [2.24, 2.45) is 0 Å². The van der Waals surface area contributed by atoms with E-state index >= 15 is 0 Å². The lowest BCUT2D eigenvalue weighted by Gasteiger charge is -2.19. The lowest BCUT2D eigenvalue weighted by Crippen LogP contribution is -2.45. The zero-order chi connectivity index (χ0) is 15.0. The highest BCUT2D eigenvalue weighted by atomic mass is 16.3. The van der Waals surface area contributed by atoms with E-state index in [0.717, 1.165) is 24.0 Å². The molecule has 1 rings (SSSR count). The van der Waals surface area contributed by atoms with Crippen LogP contribution in [0.25, 0.3) is 0 Å². The van der Waals surface area contributed by atoms with Crippen LogP contribution in [0.2, 0.25) is 0 Å². The van der Waals surface area contributed by atoms with E-state index in [0.29, 0.717) is 6.54 Å². The van der Waals surface area contributed by atoms with Gasteiger partial charge in [-0.25, -0.2) is 0 Å². The molecule has 0 bridgehead atoms. The first-order chi connectivity index (χ1) is 9.60. The summed E-state index contributed by atoms with van der Waals surface area (Å²) in [5, 5.41) is 15.3. The molecule has 0 aliphatic carbocycles. The van der Waals surface area contributed by atoms with Gasteiger partial charge in [-0.15, -0.1) is 0 Å². The van der Waals surface area contributed by atoms with Crippen LogP contribution in [-0.2, 0) is 17.9 Å². The highest BCUT2D eigenvalue weighted by Crippen LogP contribution is 2.05. The lowest BCUT2D eigenvalue weighted by molar-refractivity contribution is -0.123. The van der Waals surface area contributed by atoms with Gasteiger partial charge in [0.25, 0.3) is 0 Å². The summed E-state index contributed by atoms with van der Waals surface area (Å²) >= 11 is 0. The van der Waals surface area contributed by atoms with Gasteiger partial charge in [0.2, 0.25) is 5.91 Å². The van der Waals surface area contributed by atoms with Crippen LogP contribution in [0.1, 0.15) is 44.7 Å². The maximum Gasteiger partial charge on any atom is 0.237 e. The van der Waals surface area contributed by atoms with Crippen molar-refractivity contribution in [1.29, 1.82) is 0 Å². The number of hydrogen-bond donors (Lipinski definition) is 3. The van der Waals surface area contributed by atoms with E-state index in [4.69, 9.17) is 5.11 Å². The van der Waals surface area contributed by atoms with Crippen LogP contribution in [0.5, 0.6) is 0 Å². The molecule has 0 heterocycles. The predicted molar refractivity (Wildman–Crippen MR) is 81.2 cm³/mol. The second kappa shape index (κ2) is 8.72. The Labute approximate surface area is 121 Å².